The fraction of sp³-hybridized carbons (Fsp3) is 0.263. The number of hydrogen-bond donors (Lipinski definition) is 2. The molecule has 0 aromatic heterocycles. The lowest BCUT2D eigenvalue weighted by Crippen LogP contribution is -2.34. The fourth-order valence-corrected chi connectivity index (χ4v) is 3.24. The number of carbonyl (C=O) groups excluding carboxylic acids is 2. The maximum Gasteiger partial charge on any atom is 0.248 e. The molecule has 26 heavy (non-hydrogen) atoms. The normalized spacial score (nSPS) is 13.7. The number of halogens is 2. The van der Waals surface area contributed by atoms with Gasteiger partial charge in [0, 0.05) is 18.2 Å². The lowest BCUT2D eigenvalue weighted by atomic mass is 10.1. The second-order valence-corrected chi connectivity index (χ2v) is 7.16. The average Bonchev–Trinajstić information content (AvgIpc) is 3.43. The van der Waals surface area contributed by atoms with Crippen molar-refractivity contribution in [2.75, 3.05) is 11.9 Å². The summed E-state index contributed by atoms with van der Waals surface area (Å²) in [7, 11) is 0. The number of carbonyl (C=O) groups is 2. The molecule has 0 atom stereocenters. The van der Waals surface area contributed by atoms with Crippen LogP contribution in [0.5, 0.6) is 0 Å². The smallest absolute Gasteiger partial charge is 0.248 e. The third-order valence-electron chi connectivity index (χ3n) is 4.26. The van der Waals surface area contributed by atoms with Gasteiger partial charge in [0.05, 0.1) is 22.3 Å². The van der Waals surface area contributed by atoms with Gasteiger partial charge in [0.15, 0.2) is 0 Å². The van der Waals surface area contributed by atoms with E-state index in [0.717, 1.165) is 18.4 Å². The number of nitrogens with zero attached hydrogens (tertiary/aromatic N) is 1. The van der Waals surface area contributed by atoms with E-state index in [1.54, 1.807) is 30.3 Å². The molecule has 2 aromatic carbocycles. The molecule has 7 heteroatoms. The monoisotopic (exact) mass is 391 g/mol. The van der Waals surface area contributed by atoms with Crippen molar-refractivity contribution in [3.8, 4) is 0 Å². The Hall–Kier alpha value is -2.08. The molecule has 0 saturated heterocycles. The number of hydrogen-bond acceptors (Lipinski definition) is 3. The number of anilines is 1. The highest BCUT2D eigenvalue weighted by atomic mass is 35.5. The van der Waals surface area contributed by atoms with Gasteiger partial charge in [-0.05, 0) is 42.7 Å². The number of para-hydroxylation sites is 1. The van der Waals surface area contributed by atoms with Crippen LogP contribution in [0.4, 0.5) is 5.69 Å². The number of rotatable bonds is 7. The molecule has 0 heterocycles. The first-order valence-corrected chi connectivity index (χ1v) is 9.06. The minimum Gasteiger partial charge on any atom is -0.366 e. The van der Waals surface area contributed by atoms with Crippen LogP contribution in [0.1, 0.15) is 28.8 Å². The Morgan fingerprint density at radius 3 is 2.23 bits per heavy atom. The highest BCUT2D eigenvalue weighted by Gasteiger charge is 2.30. The van der Waals surface area contributed by atoms with Gasteiger partial charge in [0.1, 0.15) is 0 Å². The summed E-state index contributed by atoms with van der Waals surface area (Å²) >= 11 is 12.2. The minimum atomic E-state index is -0.452. The van der Waals surface area contributed by atoms with E-state index in [-0.39, 0.29) is 12.5 Å². The van der Waals surface area contributed by atoms with Crippen LogP contribution >= 0.6 is 23.2 Å². The largest absolute Gasteiger partial charge is 0.366 e. The Morgan fingerprint density at radius 2 is 1.69 bits per heavy atom. The van der Waals surface area contributed by atoms with E-state index >= 15 is 0 Å². The predicted octanol–water partition coefficient (Wildman–Crippen LogP) is 3.70. The summed E-state index contributed by atoms with van der Waals surface area (Å²) in [5, 5.41) is 3.61. The summed E-state index contributed by atoms with van der Waals surface area (Å²) in [4.78, 5) is 25.7. The number of primary amides is 1. The molecule has 2 aromatic rings. The van der Waals surface area contributed by atoms with E-state index in [1.165, 1.54) is 0 Å². The van der Waals surface area contributed by atoms with E-state index in [0.29, 0.717) is 33.9 Å². The summed E-state index contributed by atoms with van der Waals surface area (Å²) in [5.74, 6) is -0.618. The van der Waals surface area contributed by atoms with Crippen LogP contribution in [-0.2, 0) is 11.3 Å². The average molecular weight is 392 g/mol. The Bertz CT molecular complexity index is 800. The summed E-state index contributed by atoms with van der Waals surface area (Å²) < 4.78 is 0. The first kappa shape index (κ1) is 18.7. The zero-order valence-corrected chi connectivity index (χ0v) is 15.6. The van der Waals surface area contributed by atoms with Gasteiger partial charge in [0.25, 0.3) is 0 Å². The van der Waals surface area contributed by atoms with Crippen molar-refractivity contribution >= 4 is 40.7 Å². The van der Waals surface area contributed by atoms with Crippen LogP contribution in [0.25, 0.3) is 0 Å². The van der Waals surface area contributed by atoms with Crippen LogP contribution < -0.4 is 11.1 Å². The Kier molecular flexibility index (Phi) is 5.81. The van der Waals surface area contributed by atoms with Crippen LogP contribution in [0.3, 0.4) is 0 Å². The number of benzene rings is 2. The molecule has 0 radical (unpaired) electrons. The SMILES string of the molecule is NC(=O)c1ccc(CN(CC(=O)Nc2c(Cl)cccc2Cl)C2CC2)cc1. The minimum absolute atomic E-state index is 0.166. The summed E-state index contributed by atoms with van der Waals surface area (Å²) in [6.45, 7) is 0.858. The molecule has 1 saturated carbocycles. The molecule has 0 aliphatic heterocycles. The molecule has 5 nitrogen and oxygen atoms in total. The van der Waals surface area contributed by atoms with Gasteiger partial charge in [-0.2, -0.15) is 0 Å². The summed E-state index contributed by atoms with van der Waals surface area (Å²) in [5.41, 5.74) is 7.18. The molecule has 0 spiro atoms. The quantitative estimate of drug-likeness (QED) is 0.755. The molecule has 3 N–H and O–H groups in total. The lowest BCUT2D eigenvalue weighted by molar-refractivity contribution is -0.117. The molecule has 1 aliphatic rings. The van der Waals surface area contributed by atoms with Gasteiger partial charge in [-0.3, -0.25) is 14.5 Å². The number of nitrogens with one attached hydrogen (secondary N) is 1. The Balaban J connectivity index is 1.65. The highest BCUT2D eigenvalue weighted by Crippen LogP contribution is 2.31. The first-order chi connectivity index (χ1) is 12.4. The predicted molar refractivity (Wildman–Crippen MR) is 103 cm³/mol. The lowest BCUT2D eigenvalue weighted by Gasteiger charge is -2.22. The molecular weight excluding hydrogens is 373 g/mol. The van der Waals surface area contributed by atoms with Gasteiger partial charge in [-0.1, -0.05) is 41.4 Å². The molecule has 136 valence electrons. The Morgan fingerprint density at radius 1 is 1.08 bits per heavy atom. The van der Waals surface area contributed by atoms with Gasteiger partial charge < -0.3 is 11.1 Å². The van der Waals surface area contributed by atoms with Gasteiger partial charge in [-0.25, -0.2) is 0 Å². The van der Waals surface area contributed by atoms with Crippen LogP contribution in [0.2, 0.25) is 10.0 Å². The zero-order chi connectivity index (χ0) is 18.7. The van der Waals surface area contributed by atoms with Gasteiger partial charge in [0.2, 0.25) is 11.8 Å². The van der Waals surface area contributed by atoms with Crippen molar-refractivity contribution in [1.29, 1.82) is 0 Å². The molecule has 1 aliphatic carbocycles. The molecule has 3 rings (SSSR count). The van der Waals surface area contributed by atoms with Crippen LogP contribution in [0.15, 0.2) is 42.5 Å². The Labute approximate surface area is 162 Å². The highest BCUT2D eigenvalue weighted by molar-refractivity contribution is 6.39. The molecular formula is C19H19Cl2N3O2. The zero-order valence-electron chi connectivity index (χ0n) is 14.0. The van der Waals surface area contributed by atoms with Crippen LogP contribution in [0, 0.1) is 0 Å². The van der Waals surface area contributed by atoms with Crippen LogP contribution in [-0.4, -0.2) is 29.3 Å². The third-order valence-corrected chi connectivity index (χ3v) is 4.89. The molecule has 0 bridgehead atoms. The number of amides is 2. The van der Waals surface area contributed by atoms with Crippen molar-refractivity contribution in [3.05, 3.63) is 63.6 Å². The van der Waals surface area contributed by atoms with Gasteiger partial charge >= 0.3 is 0 Å². The van der Waals surface area contributed by atoms with E-state index in [4.69, 9.17) is 28.9 Å². The first-order valence-electron chi connectivity index (χ1n) is 8.30. The van der Waals surface area contributed by atoms with E-state index < -0.39 is 5.91 Å². The van der Waals surface area contributed by atoms with Gasteiger partial charge in [-0.15, -0.1) is 0 Å². The molecule has 2 amide bonds. The van der Waals surface area contributed by atoms with Crippen molar-refractivity contribution in [3.63, 3.8) is 0 Å². The molecule has 1 fully saturated rings. The summed E-state index contributed by atoms with van der Waals surface area (Å²) in [6.07, 6.45) is 2.14. The standard InChI is InChI=1S/C19H19Cl2N3O2/c20-15-2-1-3-16(21)18(15)23-17(25)11-24(14-8-9-14)10-12-4-6-13(7-5-12)19(22)26/h1-7,14H,8-11H2,(H2,22,26)(H,23,25). The molecule has 0 unspecified atom stereocenters. The summed E-state index contributed by atoms with van der Waals surface area (Å²) in [6, 6.07) is 12.6. The second-order valence-electron chi connectivity index (χ2n) is 6.34. The fourth-order valence-electron chi connectivity index (χ4n) is 2.74. The van der Waals surface area contributed by atoms with Crippen molar-refractivity contribution in [2.45, 2.75) is 25.4 Å². The number of nitrogens with two attached hydrogens (primary N) is 1. The third kappa shape index (κ3) is 4.75. The van der Waals surface area contributed by atoms with Crippen molar-refractivity contribution in [1.82, 2.24) is 4.90 Å². The van der Waals surface area contributed by atoms with E-state index in [2.05, 4.69) is 10.2 Å². The maximum absolute atomic E-state index is 12.5. The van der Waals surface area contributed by atoms with E-state index in [9.17, 15) is 9.59 Å². The van der Waals surface area contributed by atoms with E-state index in [1.807, 2.05) is 12.1 Å². The van der Waals surface area contributed by atoms with Crippen molar-refractivity contribution in [2.24, 2.45) is 5.73 Å². The second kappa shape index (κ2) is 8.08. The topological polar surface area (TPSA) is 75.4 Å². The van der Waals surface area contributed by atoms with Crippen molar-refractivity contribution < 1.29 is 9.59 Å². The maximum atomic E-state index is 12.5.